The predicted octanol–water partition coefficient (Wildman–Crippen LogP) is 4.33. The zero-order valence-electron chi connectivity index (χ0n) is 11.2. The summed E-state index contributed by atoms with van der Waals surface area (Å²) in [5, 5.41) is 2.86. The molecule has 0 aliphatic carbocycles. The van der Waals surface area contributed by atoms with Crippen molar-refractivity contribution >= 4 is 34.2 Å². The number of halogens is 1. The van der Waals surface area contributed by atoms with E-state index in [1.54, 1.807) is 0 Å². The van der Waals surface area contributed by atoms with Crippen LogP contribution in [0.2, 0.25) is 0 Å². The molecule has 0 heterocycles. The van der Waals surface area contributed by atoms with Crippen molar-refractivity contribution in [1.82, 2.24) is 0 Å². The van der Waals surface area contributed by atoms with E-state index in [0.717, 1.165) is 21.4 Å². The summed E-state index contributed by atoms with van der Waals surface area (Å²) < 4.78 is 6.61. The van der Waals surface area contributed by atoms with Crippen LogP contribution < -0.4 is 10.1 Å². The first-order chi connectivity index (χ1) is 9.69. The minimum Gasteiger partial charge on any atom is -0.494 e. The standard InChI is InChI=1S/C16H16INO2/c1-2-11-20-15-9-7-14(8-10-15)18-16(19)12-3-5-13(17)6-4-12/h3-10H,2,11H2,1H3,(H,18,19). The van der Waals surface area contributed by atoms with Crippen LogP contribution in [0.15, 0.2) is 48.5 Å². The second-order valence-corrected chi connectivity index (χ2v) is 5.58. The number of hydrogen-bond donors (Lipinski definition) is 1. The molecular weight excluding hydrogens is 365 g/mol. The molecule has 0 fully saturated rings. The number of rotatable bonds is 5. The van der Waals surface area contributed by atoms with Crippen molar-refractivity contribution in [1.29, 1.82) is 0 Å². The Morgan fingerprint density at radius 3 is 2.35 bits per heavy atom. The number of benzene rings is 2. The highest BCUT2D eigenvalue weighted by molar-refractivity contribution is 14.1. The smallest absolute Gasteiger partial charge is 0.255 e. The summed E-state index contributed by atoms with van der Waals surface area (Å²) in [6.45, 7) is 2.77. The van der Waals surface area contributed by atoms with E-state index < -0.39 is 0 Å². The largest absolute Gasteiger partial charge is 0.494 e. The predicted molar refractivity (Wildman–Crippen MR) is 89.3 cm³/mol. The van der Waals surface area contributed by atoms with E-state index in [9.17, 15) is 4.79 Å². The summed E-state index contributed by atoms with van der Waals surface area (Å²) in [4.78, 5) is 12.0. The maximum Gasteiger partial charge on any atom is 0.255 e. The summed E-state index contributed by atoms with van der Waals surface area (Å²) in [5.41, 5.74) is 1.41. The van der Waals surface area contributed by atoms with Gasteiger partial charge in [0.1, 0.15) is 5.75 Å². The summed E-state index contributed by atoms with van der Waals surface area (Å²) in [6.07, 6.45) is 0.977. The van der Waals surface area contributed by atoms with Gasteiger partial charge < -0.3 is 10.1 Å². The van der Waals surface area contributed by atoms with Crippen LogP contribution >= 0.6 is 22.6 Å². The molecule has 0 aliphatic rings. The summed E-state index contributed by atoms with van der Waals surface area (Å²) in [6, 6.07) is 14.9. The van der Waals surface area contributed by atoms with Gasteiger partial charge in [0.15, 0.2) is 0 Å². The van der Waals surface area contributed by atoms with Gasteiger partial charge in [-0.3, -0.25) is 4.79 Å². The molecule has 0 unspecified atom stereocenters. The maximum atomic E-state index is 12.0. The lowest BCUT2D eigenvalue weighted by Crippen LogP contribution is -2.11. The van der Waals surface area contributed by atoms with Crippen molar-refractivity contribution in [3.05, 3.63) is 57.7 Å². The Hall–Kier alpha value is -1.56. The molecule has 0 saturated carbocycles. The molecule has 1 amide bonds. The van der Waals surface area contributed by atoms with Gasteiger partial charge in [-0.1, -0.05) is 6.92 Å². The molecule has 104 valence electrons. The number of ether oxygens (including phenoxy) is 1. The lowest BCUT2D eigenvalue weighted by Gasteiger charge is -2.07. The molecule has 0 spiro atoms. The quantitative estimate of drug-likeness (QED) is 0.783. The second-order valence-electron chi connectivity index (χ2n) is 4.33. The second kappa shape index (κ2) is 7.28. The van der Waals surface area contributed by atoms with Crippen LogP contribution in [0.1, 0.15) is 23.7 Å². The van der Waals surface area contributed by atoms with Crippen LogP contribution in [0.25, 0.3) is 0 Å². The molecule has 0 aliphatic heterocycles. The third-order valence-electron chi connectivity index (χ3n) is 2.69. The summed E-state index contributed by atoms with van der Waals surface area (Å²) in [7, 11) is 0. The van der Waals surface area contributed by atoms with Gasteiger partial charge in [-0.05, 0) is 77.5 Å². The van der Waals surface area contributed by atoms with Crippen LogP contribution in [-0.4, -0.2) is 12.5 Å². The fourth-order valence-electron chi connectivity index (χ4n) is 1.66. The van der Waals surface area contributed by atoms with Gasteiger partial charge in [0.25, 0.3) is 5.91 Å². The van der Waals surface area contributed by atoms with Gasteiger partial charge in [-0.2, -0.15) is 0 Å². The SMILES string of the molecule is CCCOc1ccc(NC(=O)c2ccc(I)cc2)cc1. The average molecular weight is 381 g/mol. The fraction of sp³-hybridized carbons (Fsp3) is 0.188. The Balaban J connectivity index is 1.99. The zero-order valence-corrected chi connectivity index (χ0v) is 13.4. The van der Waals surface area contributed by atoms with Gasteiger partial charge in [0.2, 0.25) is 0 Å². The third kappa shape index (κ3) is 4.23. The Bertz CT molecular complexity index is 564. The fourth-order valence-corrected chi connectivity index (χ4v) is 2.02. The van der Waals surface area contributed by atoms with E-state index in [4.69, 9.17) is 4.74 Å². The van der Waals surface area contributed by atoms with Crippen LogP contribution in [0.5, 0.6) is 5.75 Å². The van der Waals surface area contributed by atoms with E-state index in [2.05, 4.69) is 34.8 Å². The molecule has 1 N–H and O–H groups in total. The molecule has 3 nitrogen and oxygen atoms in total. The summed E-state index contributed by atoms with van der Waals surface area (Å²) in [5.74, 6) is 0.711. The van der Waals surface area contributed by atoms with Gasteiger partial charge in [0, 0.05) is 14.8 Å². The van der Waals surface area contributed by atoms with Crippen molar-refractivity contribution in [3.63, 3.8) is 0 Å². The number of amides is 1. The molecule has 4 heteroatoms. The minimum absolute atomic E-state index is 0.108. The first-order valence-corrected chi connectivity index (χ1v) is 7.56. The molecule has 0 saturated heterocycles. The average Bonchev–Trinajstić information content (AvgIpc) is 2.47. The molecule has 0 aromatic heterocycles. The number of nitrogens with one attached hydrogen (secondary N) is 1. The number of hydrogen-bond acceptors (Lipinski definition) is 2. The van der Waals surface area contributed by atoms with Crippen molar-refractivity contribution in [3.8, 4) is 5.75 Å². The Kier molecular flexibility index (Phi) is 5.40. The van der Waals surface area contributed by atoms with Crippen molar-refractivity contribution in [2.45, 2.75) is 13.3 Å². The third-order valence-corrected chi connectivity index (χ3v) is 3.41. The lowest BCUT2D eigenvalue weighted by molar-refractivity contribution is 0.102. The Morgan fingerprint density at radius 2 is 1.75 bits per heavy atom. The van der Waals surface area contributed by atoms with Gasteiger partial charge in [-0.25, -0.2) is 0 Å². The zero-order chi connectivity index (χ0) is 14.4. The topological polar surface area (TPSA) is 38.3 Å². The van der Waals surface area contributed by atoms with E-state index in [0.29, 0.717) is 12.2 Å². The maximum absolute atomic E-state index is 12.0. The van der Waals surface area contributed by atoms with Gasteiger partial charge in [0.05, 0.1) is 6.61 Å². The van der Waals surface area contributed by atoms with Crippen LogP contribution in [0.3, 0.4) is 0 Å². The molecule has 2 rings (SSSR count). The molecule has 2 aromatic carbocycles. The van der Waals surface area contributed by atoms with Crippen molar-refractivity contribution < 1.29 is 9.53 Å². The van der Waals surface area contributed by atoms with E-state index in [1.165, 1.54) is 0 Å². The Labute approximate surface area is 132 Å². The molecule has 0 atom stereocenters. The highest BCUT2D eigenvalue weighted by atomic mass is 127. The van der Waals surface area contributed by atoms with E-state index >= 15 is 0 Å². The highest BCUT2D eigenvalue weighted by Gasteiger charge is 2.05. The molecule has 0 bridgehead atoms. The summed E-state index contributed by atoms with van der Waals surface area (Å²) >= 11 is 2.21. The van der Waals surface area contributed by atoms with E-state index in [-0.39, 0.29) is 5.91 Å². The molecule has 2 aromatic rings. The first kappa shape index (κ1) is 14.8. The van der Waals surface area contributed by atoms with Crippen LogP contribution in [0, 0.1) is 3.57 Å². The lowest BCUT2D eigenvalue weighted by atomic mass is 10.2. The van der Waals surface area contributed by atoms with Gasteiger partial charge in [-0.15, -0.1) is 0 Å². The van der Waals surface area contributed by atoms with Crippen LogP contribution in [-0.2, 0) is 0 Å². The first-order valence-electron chi connectivity index (χ1n) is 6.49. The van der Waals surface area contributed by atoms with Crippen molar-refractivity contribution in [2.75, 3.05) is 11.9 Å². The minimum atomic E-state index is -0.108. The van der Waals surface area contributed by atoms with Crippen LogP contribution in [0.4, 0.5) is 5.69 Å². The highest BCUT2D eigenvalue weighted by Crippen LogP contribution is 2.17. The number of carbonyl (C=O) groups is 1. The van der Waals surface area contributed by atoms with E-state index in [1.807, 2.05) is 48.5 Å². The van der Waals surface area contributed by atoms with Gasteiger partial charge >= 0.3 is 0 Å². The Morgan fingerprint density at radius 1 is 1.10 bits per heavy atom. The molecule has 20 heavy (non-hydrogen) atoms. The molecule has 0 radical (unpaired) electrons. The molecular formula is C16H16INO2. The number of anilines is 1. The number of carbonyl (C=O) groups excluding carboxylic acids is 1. The monoisotopic (exact) mass is 381 g/mol. The van der Waals surface area contributed by atoms with Crippen molar-refractivity contribution in [2.24, 2.45) is 0 Å². The normalized spacial score (nSPS) is 10.1.